The second-order valence-electron chi connectivity index (χ2n) is 4.23. The molecule has 94 valence electrons. The molecule has 4 nitrogen and oxygen atoms in total. The molecule has 0 bridgehead atoms. The van der Waals surface area contributed by atoms with E-state index in [1.807, 2.05) is 0 Å². The minimum atomic E-state index is -0.469. The molecule has 0 saturated carbocycles. The average molecular weight is 258 g/mol. The van der Waals surface area contributed by atoms with Gasteiger partial charge in [-0.2, -0.15) is 0 Å². The second kappa shape index (κ2) is 5.77. The van der Waals surface area contributed by atoms with Gasteiger partial charge in [-0.1, -0.05) is 25.4 Å². The van der Waals surface area contributed by atoms with E-state index in [2.05, 4.69) is 19.2 Å². The van der Waals surface area contributed by atoms with Gasteiger partial charge in [0.15, 0.2) is 11.5 Å². The summed E-state index contributed by atoms with van der Waals surface area (Å²) >= 11 is 5.76. The van der Waals surface area contributed by atoms with E-state index < -0.39 is 5.75 Å². The minimum Gasteiger partial charge on any atom is -0.504 e. The van der Waals surface area contributed by atoms with Crippen molar-refractivity contribution in [1.82, 2.24) is 5.32 Å². The Balaban J connectivity index is 2.73. The summed E-state index contributed by atoms with van der Waals surface area (Å²) in [4.78, 5) is 11.7. The lowest BCUT2D eigenvalue weighted by Gasteiger charge is -2.09. The Labute approximate surface area is 105 Å². The summed E-state index contributed by atoms with van der Waals surface area (Å²) in [5, 5.41) is 21.1. The highest BCUT2D eigenvalue weighted by Gasteiger charge is 2.15. The van der Waals surface area contributed by atoms with Crippen LogP contribution < -0.4 is 5.32 Å². The van der Waals surface area contributed by atoms with Crippen LogP contribution in [0.5, 0.6) is 11.5 Å². The van der Waals surface area contributed by atoms with Crippen molar-refractivity contribution in [3.8, 4) is 11.5 Å². The van der Waals surface area contributed by atoms with Crippen molar-refractivity contribution in [3.63, 3.8) is 0 Å². The molecule has 3 N–H and O–H groups in total. The summed E-state index contributed by atoms with van der Waals surface area (Å²) in [5.74, 6) is -0.665. The fourth-order valence-electron chi connectivity index (χ4n) is 1.30. The predicted molar refractivity (Wildman–Crippen MR) is 66.6 cm³/mol. The summed E-state index contributed by atoms with van der Waals surface area (Å²) < 4.78 is 0. The summed E-state index contributed by atoms with van der Waals surface area (Å²) in [7, 11) is 0. The molecular formula is C12H16ClNO3. The number of hydrogen-bond donors (Lipinski definition) is 3. The normalized spacial score (nSPS) is 10.6. The zero-order valence-electron chi connectivity index (χ0n) is 9.83. The standard InChI is InChI=1S/C12H16ClNO3/c1-7(2)5-6-14-12(17)8-3-4-9(15)11(16)10(8)13/h3-4,7,15-16H,5-6H2,1-2H3,(H,14,17). The first-order valence-corrected chi connectivity index (χ1v) is 5.80. The van der Waals surface area contributed by atoms with Crippen LogP contribution in [0.15, 0.2) is 12.1 Å². The molecule has 0 fully saturated rings. The molecule has 0 aliphatic rings. The smallest absolute Gasteiger partial charge is 0.252 e. The Morgan fingerprint density at radius 1 is 1.41 bits per heavy atom. The van der Waals surface area contributed by atoms with Crippen LogP contribution in [0.1, 0.15) is 30.6 Å². The molecule has 0 aliphatic heterocycles. The molecule has 1 rings (SSSR count). The number of phenols is 2. The molecular weight excluding hydrogens is 242 g/mol. The molecule has 0 aromatic heterocycles. The molecule has 0 aliphatic carbocycles. The Hall–Kier alpha value is -1.42. The van der Waals surface area contributed by atoms with Gasteiger partial charge in [-0.25, -0.2) is 0 Å². The largest absolute Gasteiger partial charge is 0.504 e. The van der Waals surface area contributed by atoms with Crippen molar-refractivity contribution in [1.29, 1.82) is 0 Å². The highest BCUT2D eigenvalue weighted by molar-refractivity contribution is 6.35. The maximum absolute atomic E-state index is 11.7. The zero-order chi connectivity index (χ0) is 13.0. The average Bonchev–Trinajstić information content (AvgIpc) is 2.25. The molecule has 0 radical (unpaired) electrons. The van der Waals surface area contributed by atoms with Gasteiger partial charge in [0, 0.05) is 6.54 Å². The highest BCUT2D eigenvalue weighted by Crippen LogP contribution is 2.35. The number of carbonyl (C=O) groups excluding carboxylic acids is 1. The number of amides is 1. The number of carbonyl (C=O) groups is 1. The summed E-state index contributed by atoms with van der Waals surface area (Å²) in [5.41, 5.74) is 0.158. The van der Waals surface area contributed by atoms with Crippen LogP contribution in [0.2, 0.25) is 5.02 Å². The van der Waals surface area contributed by atoms with Gasteiger partial charge >= 0.3 is 0 Å². The molecule has 0 spiro atoms. The van der Waals surface area contributed by atoms with E-state index in [-0.39, 0.29) is 22.2 Å². The molecule has 0 heterocycles. The lowest BCUT2D eigenvalue weighted by Crippen LogP contribution is -2.25. The minimum absolute atomic E-state index is 0.132. The van der Waals surface area contributed by atoms with Gasteiger partial charge in [-0.3, -0.25) is 4.79 Å². The van der Waals surface area contributed by atoms with Gasteiger partial charge in [0.2, 0.25) is 0 Å². The zero-order valence-corrected chi connectivity index (χ0v) is 10.6. The maximum atomic E-state index is 11.7. The second-order valence-corrected chi connectivity index (χ2v) is 4.61. The molecule has 5 heteroatoms. The van der Waals surface area contributed by atoms with Crippen molar-refractivity contribution in [2.24, 2.45) is 5.92 Å². The van der Waals surface area contributed by atoms with Crippen LogP contribution in [0, 0.1) is 5.92 Å². The first kappa shape index (κ1) is 13.6. The van der Waals surface area contributed by atoms with Crippen LogP contribution in [-0.4, -0.2) is 22.7 Å². The van der Waals surface area contributed by atoms with E-state index in [1.54, 1.807) is 0 Å². The van der Waals surface area contributed by atoms with Crippen molar-refractivity contribution in [3.05, 3.63) is 22.7 Å². The number of rotatable bonds is 4. The van der Waals surface area contributed by atoms with Gasteiger partial charge in [-0.15, -0.1) is 0 Å². The fourth-order valence-corrected chi connectivity index (χ4v) is 1.54. The highest BCUT2D eigenvalue weighted by atomic mass is 35.5. The first-order valence-electron chi connectivity index (χ1n) is 5.42. The van der Waals surface area contributed by atoms with Crippen molar-refractivity contribution < 1.29 is 15.0 Å². The van der Waals surface area contributed by atoms with Crippen LogP contribution in [0.3, 0.4) is 0 Å². The Bertz CT molecular complexity index is 418. The van der Waals surface area contributed by atoms with Crippen molar-refractivity contribution in [2.75, 3.05) is 6.54 Å². The number of benzene rings is 1. The number of halogens is 1. The van der Waals surface area contributed by atoms with Gasteiger partial charge in [-0.05, 0) is 24.5 Å². The van der Waals surface area contributed by atoms with Gasteiger partial charge in [0.25, 0.3) is 5.91 Å². The van der Waals surface area contributed by atoms with E-state index >= 15 is 0 Å². The monoisotopic (exact) mass is 257 g/mol. The topological polar surface area (TPSA) is 69.6 Å². The predicted octanol–water partition coefficient (Wildman–Crippen LogP) is 2.53. The molecule has 0 unspecified atom stereocenters. The van der Waals surface area contributed by atoms with E-state index in [4.69, 9.17) is 11.6 Å². The molecule has 1 aromatic rings. The molecule has 0 saturated heterocycles. The third-order valence-corrected chi connectivity index (χ3v) is 2.73. The van der Waals surface area contributed by atoms with Crippen LogP contribution in [0.25, 0.3) is 0 Å². The third kappa shape index (κ3) is 3.53. The van der Waals surface area contributed by atoms with Crippen LogP contribution >= 0.6 is 11.6 Å². The Morgan fingerprint density at radius 2 is 2.06 bits per heavy atom. The number of nitrogens with one attached hydrogen (secondary N) is 1. The van der Waals surface area contributed by atoms with E-state index in [9.17, 15) is 15.0 Å². The van der Waals surface area contributed by atoms with E-state index in [0.29, 0.717) is 12.5 Å². The Kier molecular flexibility index (Phi) is 4.63. The molecule has 1 amide bonds. The number of aromatic hydroxyl groups is 2. The Morgan fingerprint density at radius 3 is 2.65 bits per heavy atom. The molecule has 0 atom stereocenters. The summed E-state index contributed by atoms with van der Waals surface area (Å²) in [6.45, 7) is 4.67. The molecule has 17 heavy (non-hydrogen) atoms. The maximum Gasteiger partial charge on any atom is 0.252 e. The quantitative estimate of drug-likeness (QED) is 0.726. The van der Waals surface area contributed by atoms with Gasteiger partial charge in [0.05, 0.1) is 10.6 Å². The SMILES string of the molecule is CC(C)CCNC(=O)c1ccc(O)c(O)c1Cl. The first-order chi connectivity index (χ1) is 7.93. The van der Waals surface area contributed by atoms with Crippen LogP contribution in [-0.2, 0) is 0 Å². The van der Waals surface area contributed by atoms with Crippen LogP contribution in [0.4, 0.5) is 0 Å². The number of hydrogen-bond acceptors (Lipinski definition) is 3. The summed E-state index contributed by atoms with van der Waals surface area (Å²) in [6.07, 6.45) is 0.868. The van der Waals surface area contributed by atoms with Crippen molar-refractivity contribution in [2.45, 2.75) is 20.3 Å². The van der Waals surface area contributed by atoms with Gasteiger partial charge in [0.1, 0.15) is 0 Å². The van der Waals surface area contributed by atoms with Crippen molar-refractivity contribution >= 4 is 17.5 Å². The summed E-state index contributed by atoms with van der Waals surface area (Å²) in [6, 6.07) is 2.61. The van der Waals surface area contributed by atoms with E-state index in [0.717, 1.165) is 6.42 Å². The molecule has 1 aromatic carbocycles. The number of phenolic OH excluding ortho intramolecular Hbond substituents is 2. The van der Waals surface area contributed by atoms with Gasteiger partial charge < -0.3 is 15.5 Å². The third-order valence-electron chi connectivity index (χ3n) is 2.35. The van der Waals surface area contributed by atoms with E-state index in [1.165, 1.54) is 12.1 Å². The fraction of sp³-hybridized carbons (Fsp3) is 0.417. The lowest BCUT2D eigenvalue weighted by atomic mass is 10.1. The lowest BCUT2D eigenvalue weighted by molar-refractivity contribution is 0.0951.